The largest absolute Gasteiger partial charge is 0.460 e. The summed E-state index contributed by atoms with van der Waals surface area (Å²) in [6.45, 7) is 4.46. The fourth-order valence-corrected chi connectivity index (χ4v) is 4.69. The van der Waals surface area contributed by atoms with Gasteiger partial charge in [0.05, 0.1) is 24.8 Å². The van der Waals surface area contributed by atoms with Gasteiger partial charge in [0.1, 0.15) is 11.5 Å². The number of rotatable bonds is 6. The topological polar surface area (TPSA) is 59.1 Å². The second-order valence-corrected chi connectivity index (χ2v) is 7.95. The summed E-state index contributed by atoms with van der Waals surface area (Å²) in [5, 5.41) is 1.08. The number of esters is 1. The molecule has 1 aromatic heterocycles. The fourth-order valence-electron chi connectivity index (χ4n) is 3.57. The Bertz CT molecular complexity index is 830. The minimum Gasteiger partial charge on any atom is -0.460 e. The molecule has 7 heteroatoms. The lowest BCUT2D eigenvalue weighted by Gasteiger charge is -2.28. The lowest BCUT2D eigenvalue weighted by atomic mass is 10.1. The van der Waals surface area contributed by atoms with E-state index in [4.69, 9.17) is 9.47 Å². The van der Waals surface area contributed by atoms with Gasteiger partial charge in [-0.2, -0.15) is 0 Å². The predicted molar refractivity (Wildman–Crippen MR) is 109 cm³/mol. The standard InChI is InChI=1S/C21H24N2O4S/c24-19-7-4-8-22(19)11-14-27-21(25)18-15-17(16-5-2-1-3-6-16)20(28-18)23-9-12-26-13-10-23/h1-3,5-6,15H,4,7-14H2. The summed E-state index contributed by atoms with van der Waals surface area (Å²) in [6.07, 6.45) is 1.49. The van der Waals surface area contributed by atoms with Crippen molar-refractivity contribution >= 4 is 28.2 Å². The number of morpholine rings is 1. The maximum absolute atomic E-state index is 12.6. The Kier molecular flexibility index (Phi) is 5.92. The number of thiophene rings is 1. The predicted octanol–water partition coefficient (Wildman–Crippen LogP) is 3.03. The van der Waals surface area contributed by atoms with E-state index >= 15 is 0 Å². The molecule has 6 nitrogen and oxygen atoms in total. The summed E-state index contributed by atoms with van der Waals surface area (Å²) >= 11 is 1.47. The van der Waals surface area contributed by atoms with E-state index < -0.39 is 0 Å². The smallest absolute Gasteiger partial charge is 0.348 e. The first kappa shape index (κ1) is 19.0. The van der Waals surface area contributed by atoms with Crippen molar-refractivity contribution in [2.45, 2.75) is 12.8 Å². The molecule has 1 aromatic carbocycles. The van der Waals surface area contributed by atoms with Crippen LogP contribution in [-0.2, 0) is 14.3 Å². The number of carbonyl (C=O) groups excluding carboxylic acids is 2. The normalized spacial score (nSPS) is 17.2. The van der Waals surface area contributed by atoms with Gasteiger partial charge in [-0.3, -0.25) is 4.79 Å². The van der Waals surface area contributed by atoms with Crippen molar-refractivity contribution in [1.82, 2.24) is 4.90 Å². The molecular weight excluding hydrogens is 376 g/mol. The molecule has 2 aromatic rings. The van der Waals surface area contributed by atoms with Crippen molar-refractivity contribution in [3.63, 3.8) is 0 Å². The molecule has 3 heterocycles. The molecular formula is C21H24N2O4S. The van der Waals surface area contributed by atoms with E-state index in [2.05, 4.69) is 17.0 Å². The van der Waals surface area contributed by atoms with E-state index in [1.165, 1.54) is 11.3 Å². The minimum absolute atomic E-state index is 0.146. The monoisotopic (exact) mass is 400 g/mol. The fraction of sp³-hybridized carbons (Fsp3) is 0.429. The molecule has 0 aliphatic carbocycles. The van der Waals surface area contributed by atoms with Gasteiger partial charge in [-0.1, -0.05) is 30.3 Å². The lowest BCUT2D eigenvalue weighted by Crippen LogP contribution is -2.35. The van der Waals surface area contributed by atoms with Crippen LogP contribution in [-0.4, -0.2) is 62.8 Å². The molecule has 0 spiro atoms. The first-order chi connectivity index (χ1) is 13.7. The molecule has 0 unspecified atom stereocenters. The number of amides is 1. The molecule has 0 radical (unpaired) electrons. The molecule has 28 heavy (non-hydrogen) atoms. The van der Waals surface area contributed by atoms with Crippen LogP contribution in [0.3, 0.4) is 0 Å². The number of carbonyl (C=O) groups is 2. The maximum Gasteiger partial charge on any atom is 0.348 e. The number of benzene rings is 1. The molecule has 0 atom stereocenters. The molecule has 0 saturated carbocycles. The summed E-state index contributed by atoms with van der Waals surface area (Å²) in [6, 6.07) is 12.0. The van der Waals surface area contributed by atoms with Crippen LogP contribution in [0.5, 0.6) is 0 Å². The zero-order valence-electron chi connectivity index (χ0n) is 15.8. The molecule has 2 aliphatic heterocycles. The third-order valence-corrected chi connectivity index (χ3v) is 6.24. The van der Waals surface area contributed by atoms with E-state index in [1.807, 2.05) is 24.3 Å². The van der Waals surface area contributed by atoms with E-state index in [0.29, 0.717) is 31.1 Å². The van der Waals surface area contributed by atoms with Gasteiger partial charge in [0.15, 0.2) is 0 Å². The molecule has 2 saturated heterocycles. The van der Waals surface area contributed by atoms with E-state index in [-0.39, 0.29) is 18.5 Å². The highest BCUT2D eigenvalue weighted by molar-refractivity contribution is 7.18. The van der Waals surface area contributed by atoms with Crippen LogP contribution in [0.1, 0.15) is 22.5 Å². The summed E-state index contributed by atoms with van der Waals surface area (Å²) in [4.78, 5) is 28.9. The van der Waals surface area contributed by atoms with Gasteiger partial charge >= 0.3 is 5.97 Å². The second kappa shape index (κ2) is 8.75. The summed E-state index contributed by atoms with van der Waals surface area (Å²) in [7, 11) is 0. The summed E-state index contributed by atoms with van der Waals surface area (Å²) in [5.41, 5.74) is 2.14. The van der Waals surface area contributed by atoms with Crippen LogP contribution in [0.15, 0.2) is 36.4 Å². The zero-order valence-corrected chi connectivity index (χ0v) is 16.6. The van der Waals surface area contributed by atoms with Crippen LogP contribution < -0.4 is 4.90 Å². The maximum atomic E-state index is 12.6. The third kappa shape index (κ3) is 4.20. The highest BCUT2D eigenvalue weighted by Crippen LogP contribution is 2.39. The van der Waals surface area contributed by atoms with Gasteiger partial charge in [-0.05, 0) is 18.1 Å². The van der Waals surface area contributed by atoms with Gasteiger partial charge < -0.3 is 19.3 Å². The van der Waals surface area contributed by atoms with Crippen LogP contribution >= 0.6 is 11.3 Å². The Morgan fingerprint density at radius 1 is 1.14 bits per heavy atom. The Balaban J connectivity index is 1.49. The van der Waals surface area contributed by atoms with Crippen molar-refractivity contribution in [2.24, 2.45) is 0 Å². The number of ether oxygens (including phenoxy) is 2. The SMILES string of the molecule is O=C(OCCN1CCCC1=O)c1cc(-c2ccccc2)c(N2CCOCC2)s1. The highest BCUT2D eigenvalue weighted by atomic mass is 32.1. The number of nitrogens with zero attached hydrogens (tertiary/aromatic N) is 2. The first-order valence-electron chi connectivity index (χ1n) is 9.69. The molecule has 2 aliphatic rings. The third-order valence-electron chi connectivity index (χ3n) is 5.06. The quantitative estimate of drug-likeness (QED) is 0.698. The summed E-state index contributed by atoms with van der Waals surface area (Å²) < 4.78 is 10.9. The lowest BCUT2D eigenvalue weighted by molar-refractivity contribution is -0.128. The molecule has 148 valence electrons. The van der Waals surface area contributed by atoms with Gasteiger partial charge in [-0.15, -0.1) is 11.3 Å². The molecule has 2 fully saturated rings. The number of likely N-dealkylation sites (tertiary alicyclic amines) is 1. The van der Waals surface area contributed by atoms with Crippen molar-refractivity contribution in [2.75, 3.05) is 50.9 Å². The second-order valence-electron chi connectivity index (χ2n) is 6.92. The van der Waals surface area contributed by atoms with Gasteiger partial charge in [0.25, 0.3) is 0 Å². The zero-order chi connectivity index (χ0) is 19.3. The van der Waals surface area contributed by atoms with E-state index in [1.54, 1.807) is 4.90 Å². The van der Waals surface area contributed by atoms with Crippen molar-refractivity contribution in [1.29, 1.82) is 0 Å². The van der Waals surface area contributed by atoms with Crippen molar-refractivity contribution in [3.05, 3.63) is 41.3 Å². The van der Waals surface area contributed by atoms with Gasteiger partial charge in [0, 0.05) is 31.6 Å². The highest BCUT2D eigenvalue weighted by Gasteiger charge is 2.23. The average Bonchev–Trinajstić information content (AvgIpc) is 3.36. The van der Waals surface area contributed by atoms with E-state index in [9.17, 15) is 9.59 Å². The Hall–Kier alpha value is -2.38. The molecule has 1 amide bonds. The van der Waals surface area contributed by atoms with Crippen LogP contribution in [0, 0.1) is 0 Å². The van der Waals surface area contributed by atoms with Crippen LogP contribution in [0.2, 0.25) is 0 Å². The number of hydrogen-bond acceptors (Lipinski definition) is 6. The van der Waals surface area contributed by atoms with Gasteiger partial charge in [-0.25, -0.2) is 4.79 Å². The Morgan fingerprint density at radius 3 is 2.64 bits per heavy atom. The average molecular weight is 401 g/mol. The number of anilines is 1. The number of hydrogen-bond donors (Lipinski definition) is 0. The van der Waals surface area contributed by atoms with Crippen LogP contribution in [0.25, 0.3) is 11.1 Å². The van der Waals surface area contributed by atoms with Crippen molar-refractivity contribution in [3.8, 4) is 11.1 Å². The molecule has 4 rings (SSSR count). The van der Waals surface area contributed by atoms with E-state index in [0.717, 1.165) is 42.2 Å². The van der Waals surface area contributed by atoms with Crippen LogP contribution in [0.4, 0.5) is 5.00 Å². The first-order valence-corrected chi connectivity index (χ1v) is 10.5. The molecule has 0 bridgehead atoms. The molecule has 0 N–H and O–H groups in total. The summed E-state index contributed by atoms with van der Waals surface area (Å²) in [5.74, 6) is -0.179. The van der Waals surface area contributed by atoms with Gasteiger partial charge in [0.2, 0.25) is 5.91 Å². The Morgan fingerprint density at radius 2 is 1.93 bits per heavy atom. The minimum atomic E-state index is -0.326. The Labute approximate surface area is 168 Å². The van der Waals surface area contributed by atoms with Crippen molar-refractivity contribution < 1.29 is 19.1 Å².